The quantitative estimate of drug-likeness (QED) is 0.357. The summed E-state index contributed by atoms with van der Waals surface area (Å²) >= 11 is 8.57. The fourth-order valence-corrected chi connectivity index (χ4v) is 4.40. The van der Waals surface area contributed by atoms with Crippen molar-refractivity contribution in [3.05, 3.63) is 51.6 Å². The number of aromatic nitrogens is 3. The second kappa shape index (κ2) is 10.7. The molecule has 0 bridgehead atoms. The standard InChI is InChI=1S/C20H21ClN4O4S2/c1-4-25-16(10-29-13-5-6-15(21)12(2)9-13)23-24-20(25)31-11-17(26)22-18-14(7-8-30-18)19(27)28-3/h5-9H,4,10-11H2,1-3H3,(H,22,26). The first-order chi connectivity index (χ1) is 14.9. The number of nitrogens with zero attached hydrogens (tertiary/aromatic N) is 3. The van der Waals surface area contributed by atoms with Gasteiger partial charge in [0.05, 0.1) is 18.4 Å². The lowest BCUT2D eigenvalue weighted by Crippen LogP contribution is -2.16. The topological polar surface area (TPSA) is 95.3 Å². The molecule has 2 heterocycles. The molecule has 0 aliphatic heterocycles. The summed E-state index contributed by atoms with van der Waals surface area (Å²) in [4.78, 5) is 24.1. The largest absolute Gasteiger partial charge is 0.486 e. The average molecular weight is 481 g/mol. The summed E-state index contributed by atoms with van der Waals surface area (Å²) < 4.78 is 12.4. The second-order valence-electron chi connectivity index (χ2n) is 6.33. The van der Waals surface area contributed by atoms with E-state index >= 15 is 0 Å². The Kier molecular flexibility index (Phi) is 7.94. The fourth-order valence-electron chi connectivity index (χ4n) is 2.67. The van der Waals surface area contributed by atoms with Crippen LogP contribution in [0.25, 0.3) is 0 Å². The van der Waals surface area contributed by atoms with E-state index in [9.17, 15) is 9.59 Å². The van der Waals surface area contributed by atoms with Crippen LogP contribution in [-0.2, 0) is 22.7 Å². The predicted octanol–water partition coefficient (Wildman–Crippen LogP) is 4.42. The average Bonchev–Trinajstić information content (AvgIpc) is 3.38. The molecule has 11 heteroatoms. The lowest BCUT2D eigenvalue weighted by molar-refractivity contribution is -0.113. The number of rotatable bonds is 9. The second-order valence-corrected chi connectivity index (χ2v) is 8.60. The van der Waals surface area contributed by atoms with Gasteiger partial charge in [0.1, 0.15) is 17.4 Å². The highest BCUT2D eigenvalue weighted by atomic mass is 35.5. The van der Waals surface area contributed by atoms with Crippen LogP contribution in [0.15, 0.2) is 34.8 Å². The number of carbonyl (C=O) groups is 2. The molecule has 0 unspecified atom stereocenters. The highest BCUT2D eigenvalue weighted by Gasteiger charge is 2.17. The SMILES string of the molecule is CCn1c(COc2ccc(Cl)c(C)c2)nnc1SCC(=O)Nc1sccc1C(=O)OC. The minimum absolute atomic E-state index is 0.119. The maximum Gasteiger partial charge on any atom is 0.340 e. The number of aryl methyl sites for hydroxylation is 1. The van der Waals surface area contributed by atoms with Crippen LogP contribution >= 0.6 is 34.7 Å². The third-order valence-corrected chi connectivity index (χ3v) is 6.48. The van der Waals surface area contributed by atoms with Gasteiger partial charge < -0.3 is 19.4 Å². The highest BCUT2D eigenvalue weighted by molar-refractivity contribution is 7.99. The summed E-state index contributed by atoms with van der Waals surface area (Å²) in [6.07, 6.45) is 0. The number of hydrogen-bond acceptors (Lipinski definition) is 8. The van der Waals surface area contributed by atoms with Crippen LogP contribution < -0.4 is 10.1 Å². The van der Waals surface area contributed by atoms with Gasteiger partial charge in [0, 0.05) is 11.6 Å². The number of carbonyl (C=O) groups excluding carboxylic acids is 2. The Morgan fingerprint density at radius 2 is 2.10 bits per heavy atom. The van der Waals surface area contributed by atoms with E-state index in [0.29, 0.717) is 38.9 Å². The first-order valence-corrected chi connectivity index (χ1v) is 11.6. The van der Waals surface area contributed by atoms with Crippen LogP contribution in [-0.4, -0.2) is 39.5 Å². The Hall–Kier alpha value is -2.56. The Bertz CT molecular complexity index is 1080. The maximum absolute atomic E-state index is 12.4. The third kappa shape index (κ3) is 5.78. The summed E-state index contributed by atoms with van der Waals surface area (Å²) in [6, 6.07) is 7.06. The van der Waals surface area contributed by atoms with Crippen molar-refractivity contribution in [2.24, 2.45) is 0 Å². The van der Waals surface area contributed by atoms with Crippen molar-refractivity contribution in [1.82, 2.24) is 14.8 Å². The van der Waals surface area contributed by atoms with E-state index in [1.54, 1.807) is 23.6 Å². The summed E-state index contributed by atoms with van der Waals surface area (Å²) in [5.41, 5.74) is 1.26. The Morgan fingerprint density at radius 1 is 1.29 bits per heavy atom. The highest BCUT2D eigenvalue weighted by Crippen LogP contribution is 2.25. The van der Waals surface area contributed by atoms with Crippen molar-refractivity contribution in [3.8, 4) is 5.75 Å². The number of hydrogen-bond donors (Lipinski definition) is 1. The lowest BCUT2D eigenvalue weighted by Gasteiger charge is -2.10. The van der Waals surface area contributed by atoms with E-state index in [4.69, 9.17) is 21.1 Å². The molecular formula is C20H21ClN4O4S2. The smallest absolute Gasteiger partial charge is 0.340 e. The maximum atomic E-state index is 12.4. The number of esters is 1. The van der Waals surface area contributed by atoms with Gasteiger partial charge in [-0.25, -0.2) is 4.79 Å². The van der Waals surface area contributed by atoms with Gasteiger partial charge in [-0.2, -0.15) is 0 Å². The van der Waals surface area contributed by atoms with Crippen molar-refractivity contribution in [1.29, 1.82) is 0 Å². The molecule has 0 aliphatic rings. The van der Waals surface area contributed by atoms with E-state index in [1.807, 2.05) is 24.5 Å². The van der Waals surface area contributed by atoms with E-state index < -0.39 is 5.97 Å². The van der Waals surface area contributed by atoms with Gasteiger partial charge in [0.15, 0.2) is 11.0 Å². The molecule has 0 aliphatic carbocycles. The summed E-state index contributed by atoms with van der Waals surface area (Å²) in [6.45, 7) is 4.75. The summed E-state index contributed by atoms with van der Waals surface area (Å²) in [7, 11) is 1.30. The monoisotopic (exact) mass is 480 g/mol. The number of ether oxygens (including phenoxy) is 2. The minimum atomic E-state index is -0.490. The summed E-state index contributed by atoms with van der Waals surface area (Å²) in [5, 5.41) is 14.6. The molecule has 3 aromatic rings. The summed E-state index contributed by atoms with van der Waals surface area (Å²) in [5.74, 6) is 0.726. The molecule has 0 saturated heterocycles. The van der Waals surface area contributed by atoms with Gasteiger partial charge in [-0.05, 0) is 49.1 Å². The number of anilines is 1. The lowest BCUT2D eigenvalue weighted by atomic mass is 10.2. The zero-order chi connectivity index (χ0) is 22.4. The van der Waals surface area contributed by atoms with Crippen LogP contribution in [0.3, 0.4) is 0 Å². The van der Waals surface area contributed by atoms with Gasteiger partial charge in [-0.3, -0.25) is 4.79 Å². The molecule has 2 aromatic heterocycles. The van der Waals surface area contributed by atoms with Crippen molar-refractivity contribution in [2.75, 3.05) is 18.2 Å². The Morgan fingerprint density at radius 3 is 2.81 bits per heavy atom. The zero-order valence-corrected chi connectivity index (χ0v) is 19.6. The van der Waals surface area contributed by atoms with E-state index in [1.165, 1.54) is 30.2 Å². The molecule has 0 fully saturated rings. The molecule has 0 spiro atoms. The first kappa shape index (κ1) is 23.1. The number of halogens is 1. The van der Waals surface area contributed by atoms with E-state index in [2.05, 4.69) is 15.5 Å². The molecule has 1 aromatic carbocycles. The zero-order valence-electron chi connectivity index (χ0n) is 17.2. The molecule has 8 nitrogen and oxygen atoms in total. The van der Waals surface area contributed by atoms with Gasteiger partial charge in [0.25, 0.3) is 0 Å². The predicted molar refractivity (Wildman–Crippen MR) is 121 cm³/mol. The van der Waals surface area contributed by atoms with E-state index in [0.717, 1.165) is 5.56 Å². The van der Waals surface area contributed by atoms with Gasteiger partial charge >= 0.3 is 5.97 Å². The van der Waals surface area contributed by atoms with Crippen LogP contribution in [0, 0.1) is 6.92 Å². The number of methoxy groups -OCH3 is 1. The fraction of sp³-hybridized carbons (Fsp3) is 0.300. The third-order valence-electron chi connectivity index (χ3n) is 4.26. The number of benzene rings is 1. The number of nitrogens with one attached hydrogen (secondary N) is 1. The van der Waals surface area contributed by atoms with Crippen molar-refractivity contribution >= 4 is 51.6 Å². The molecule has 0 saturated carbocycles. The van der Waals surface area contributed by atoms with Crippen LogP contribution in [0.5, 0.6) is 5.75 Å². The molecule has 1 amide bonds. The van der Waals surface area contributed by atoms with Crippen LogP contribution in [0.4, 0.5) is 5.00 Å². The molecule has 1 N–H and O–H groups in total. The van der Waals surface area contributed by atoms with Gasteiger partial charge in [-0.15, -0.1) is 21.5 Å². The van der Waals surface area contributed by atoms with Gasteiger partial charge in [0.2, 0.25) is 5.91 Å². The number of thioether (sulfide) groups is 1. The van der Waals surface area contributed by atoms with E-state index in [-0.39, 0.29) is 18.3 Å². The minimum Gasteiger partial charge on any atom is -0.486 e. The molecule has 164 valence electrons. The normalized spacial score (nSPS) is 10.7. The molecule has 31 heavy (non-hydrogen) atoms. The molecule has 0 radical (unpaired) electrons. The van der Waals surface area contributed by atoms with Gasteiger partial charge in [-0.1, -0.05) is 23.4 Å². The Balaban J connectivity index is 1.59. The van der Waals surface area contributed by atoms with Crippen LogP contribution in [0.2, 0.25) is 5.02 Å². The number of amides is 1. The number of thiophene rings is 1. The van der Waals surface area contributed by atoms with Crippen molar-refractivity contribution in [3.63, 3.8) is 0 Å². The van der Waals surface area contributed by atoms with Crippen molar-refractivity contribution in [2.45, 2.75) is 32.2 Å². The molecular weight excluding hydrogens is 460 g/mol. The molecule has 0 atom stereocenters. The van der Waals surface area contributed by atoms with Crippen molar-refractivity contribution < 1.29 is 19.1 Å². The Labute approximate surface area is 192 Å². The van der Waals surface area contributed by atoms with Crippen LogP contribution in [0.1, 0.15) is 28.7 Å². The molecule has 3 rings (SSSR count). The first-order valence-electron chi connectivity index (χ1n) is 9.32.